The molecule has 2 amide bonds. The molecule has 1 N–H and O–H groups in total. The molecule has 0 atom stereocenters. The van der Waals surface area contributed by atoms with Gasteiger partial charge in [-0.25, -0.2) is 0 Å². The molecule has 1 heterocycles. The number of benzene rings is 3. The van der Waals surface area contributed by atoms with Gasteiger partial charge < -0.3 is 4.74 Å². The van der Waals surface area contributed by atoms with Crippen LogP contribution in [0.25, 0.3) is 6.08 Å². The van der Waals surface area contributed by atoms with E-state index < -0.39 is 11.8 Å². The topological polar surface area (TPSA) is 58.6 Å². The first-order chi connectivity index (χ1) is 15.5. The van der Waals surface area contributed by atoms with Gasteiger partial charge in [-0.05, 0) is 66.3 Å². The molecule has 3 aromatic carbocycles. The molecule has 3 aromatic rings. The van der Waals surface area contributed by atoms with Gasteiger partial charge in [-0.1, -0.05) is 64.5 Å². The summed E-state index contributed by atoms with van der Waals surface area (Å²) >= 11 is 8.68. The van der Waals surface area contributed by atoms with Crippen molar-refractivity contribution in [2.24, 2.45) is 0 Å². The van der Waals surface area contributed by atoms with Crippen molar-refractivity contribution in [3.05, 3.63) is 107 Å². The number of carbonyl (C=O) groups is 2. The third-order valence-corrected chi connectivity index (χ3v) is 5.30. The normalized spacial score (nSPS) is 15.7. The fraction of sp³-hybridized carbons (Fsp3) is 0. The first-order valence-electron chi connectivity index (χ1n) is 9.68. The Morgan fingerprint density at radius 2 is 1.47 bits per heavy atom. The molecule has 1 aliphatic rings. The summed E-state index contributed by atoms with van der Waals surface area (Å²) in [7, 11) is 0. The number of carbonyl (C=O) groups excluding carboxylic acids is 2. The Morgan fingerprint density at radius 3 is 2.12 bits per heavy atom. The van der Waals surface area contributed by atoms with Gasteiger partial charge in [0.2, 0.25) is 0 Å². The lowest BCUT2D eigenvalue weighted by molar-refractivity contribution is -0.122. The maximum Gasteiger partial charge on any atom is 0.270 e. The Morgan fingerprint density at radius 1 is 0.875 bits per heavy atom. The minimum atomic E-state index is -0.543. The maximum absolute atomic E-state index is 13.1. The van der Waals surface area contributed by atoms with Crippen molar-refractivity contribution in [1.82, 2.24) is 5.32 Å². The van der Waals surface area contributed by atoms with Gasteiger partial charge in [-0.2, -0.15) is 0 Å². The van der Waals surface area contributed by atoms with Crippen LogP contribution in [-0.2, 0) is 9.59 Å². The summed E-state index contributed by atoms with van der Waals surface area (Å²) in [4.78, 5) is 26.9. The lowest BCUT2D eigenvalue weighted by Gasteiger charge is -2.29. The number of nitrogens with one attached hydrogen (secondary N) is 1. The van der Waals surface area contributed by atoms with Gasteiger partial charge in [-0.3, -0.25) is 19.8 Å². The van der Waals surface area contributed by atoms with Crippen LogP contribution in [-0.4, -0.2) is 16.9 Å². The second-order valence-corrected chi connectivity index (χ2v) is 8.11. The van der Waals surface area contributed by atoms with Crippen molar-refractivity contribution in [1.29, 1.82) is 0 Å². The van der Waals surface area contributed by atoms with Crippen LogP contribution in [0.2, 0.25) is 0 Å². The molecule has 158 valence electrons. The molecule has 0 bridgehead atoms. The molecule has 0 saturated carbocycles. The summed E-state index contributed by atoms with van der Waals surface area (Å²) in [5.41, 5.74) is 1.43. The van der Waals surface area contributed by atoms with Crippen LogP contribution < -0.4 is 15.0 Å². The van der Waals surface area contributed by atoms with E-state index in [0.717, 1.165) is 5.56 Å². The molecule has 1 saturated heterocycles. The maximum atomic E-state index is 13.1. The van der Waals surface area contributed by atoms with Crippen LogP contribution in [0.5, 0.6) is 11.5 Å². The number of amides is 2. The number of nitrogens with zero attached hydrogens (tertiary/aromatic N) is 1. The van der Waals surface area contributed by atoms with E-state index in [1.165, 1.54) is 11.0 Å². The fourth-order valence-electron chi connectivity index (χ4n) is 3.07. The van der Waals surface area contributed by atoms with Crippen LogP contribution in [0.1, 0.15) is 5.56 Å². The van der Waals surface area contributed by atoms with Crippen molar-refractivity contribution in [2.45, 2.75) is 0 Å². The van der Waals surface area contributed by atoms with Gasteiger partial charge in [0.15, 0.2) is 5.11 Å². The van der Waals surface area contributed by atoms with Gasteiger partial charge in [0.25, 0.3) is 11.8 Å². The predicted octanol–water partition coefficient (Wildman–Crippen LogP) is 5.59. The molecule has 0 unspecified atom stereocenters. The summed E-state index contributed by atoms with van der Waals surface area (Å²) < 4.78 is 6.38. The van der Waals surface area contributed by atoms with Gasteiger partial charge in [0.05, 0.1) is 5.69 Å². The van der Waals surface area contributed by atoms with Crippen molar-refractivity contribution in [3.63, 3.8) is 0 Å². The Kier molecular flexibility index (Phi) is 6.58. The van der Waals surface area contributed by atoms with E-state index in [-0.39, 0.29) is 10.7 Å². The second-order valence-electron chi connectivity index (χ2n) is 6.81. The van der Waals surface area contributed by atoms with E-state index in [1.54, 1.807) is 24.3 Å². The van der Waals surface area contributed by atoms with E-state index in [1.807, 2.05) is 66.7 Å². The molecule has 7 heteroatoms. The largest absolute Gasteiger partial charge is 0.457 e. The Bertz CT molecular complexity index is 1220. The van der Waals surface area contributed by atoms with Crippen LogP contribution >= 0.6 is 28.1 Å². The minimum absolute atomic E-state index is 0.0250. The Balaban J connectivity index is 1.57. The average molecular weight is 505 g/mol. The van der Waals surface area contributed by atoms with Crippen LogP contribution in [0.4, 0.5) is 5.69 Å². The Labute approximate surface area is 199 Å². The highest BCUT2D eigenvalue weighted by atomic mass is 79.9. The first kappa shape index (κ1) is 21.7. The Hall–Kier alpha value is -3.55. The van der Waals surface area contributed by atoms with Gasteiger partial charge >= 0.3 is 0 Å². The van der Waals surface area contributed by atoms with E-state index >= 15 is 0 Å². The van der Waals surface area contributed by atoms with Gasteiger partial charge in [0.1, 0.15) is 17.1 Å². The minimum Gasteiger partial charge on any atom is -0.457 e. The third-order valence-electron chi connectivity index (χ3n) is 4.56. The summed E-state index contributed by atoms with van der Waals surface area (Å²) in [6.45, 7) is 0. The first-order valence-corrected chi connectivity index (χ1v) is 10.9. The zero-order chi connectivity index (χ0) is 22.5. The SMILES string of the molecule is O=C1NC(=S)N(c2ccc(Oc3ccccc3)cc2)C(=O)/C1=C/C(Br)=C/c1ccccc1. The standard InChI is InChI=1S/C25H17BrN2O3S/c26-18(15-17-7-3-1-4-8-17)16-22-23(29)27-25(32)28(24(22)30)19-11-13-21(14-12-19)31-20-9-5-2-6-10-20/h1-16H,(H,27,29,32)/b18-15-,22-16+. The highest BCUT2D eigenvalue weighted by molar-refractivity contribution is 9.12. The number of thiocarbonyl (C=S) groups is 1. The monoisotopic (exact) mass is 504 g/mol. The highest BCUT2D eigenvalue weighted by Crippen LogP contribution is 2.27. The fourth-order valence-corrected chi connectivity index (χ4v) is 3.84. The summed E-state index contributed by atoms with van der Waals surface area (Å²) in [6.07, 6.45) is 3.31. The van der Waals surface area contributed by atoms with Gasteiger partial charge in [-0.15, -0.1) is 0 Å². The summed E-state index contributed by atoms with van der Waals surface area (Å²) in [6, 6.07) is 25.9. The predicted molar refractivity (Wildman–Crippen MR) is 133 cm³/mol. The number of rotatable bonds is 5. The average Bonchev–Trinajstić information content (AvgIpc) is 2.79. The van der Waals surface area contributed by atoms with Crippen LogP contribution in [0.15, 0.2) is 101 Å². The lowest BCUT2D eigenvalue weighted by atomic mass is 10.1. The number of anilines is 1. The highest BCUT2D eigenvalue weighted by Gasteiger charge is 2.34. The molecular formula is C25H17BrN2O3S. The smallest absolute Gasteiger partial charge is 0.270 e. The number of allylic oxidation sites excluding steroid dienone is 2. The quantitative estimate of drug-likeness (QED) is 0.279. The zero-order valence-electron chi connectivity index (χ0n) is 16.7. The molecule has 1 fully saturated rings. The van der Waals surface area contributed by atoms with E-state index in [4.69, 9.17) is 17.0 Å². The molecule has 32 heavy (non-hydrogen) atoms. The molecule has 5 nitrogen and oxygen atoms in total. The van der Waals surface area contributed by atoms with E-state index in [0.29, 0.717) is 21.7 Å². The van der Waals surface area contributed by atoms with Crippen LogP contribution in [0.3, 0.4) is 0 Å². The third kappa shape index (κ3) is 5.01. The second kappa shape index (κ2) is 9.72. The van der Waals surface area contributed by atoms with Crippen LogP contribution in [0, 0.1) is 0 Å². The number of hydrogen-bond acceptors (Lipinski definition) is 4. The molecule has 0 aliphatic carbocycles. The number of para-hydroxylation sites is 1. The molecule has 0 radical (unpaired) electrons. The molecule has 0 aromatic heterocycles. The summed E-state index contributed by atoms with van der Waals surface area (Å²) in [5, 5.41) is 2.61. The summed E-state index contributed by atoms with van der Waals surface area (Å²) in [5.74, 6) is 0.272. The number of hydrogen-bond donors (Lipinski definition) is 1. The number of halogens is 1. The molecule has 1 aliphatic heterocycles. The lowest BCUT2D eigenvalue weighted by Crippen LogP contribution is -2.54. The number of ether oxygens (including phenoxy) is 1. The van der Waals surface area contributed by atoms with Crippen molar-refractivity contribution in [3.8, 4) is 11.5 Å². The molecular weight excluding hydrogens is 488 g/mol. The molecule has 0 spiro atoms. The van der Waals surface area contributed by atoms with Crippen molar-refractivity contribution < 1.29 is 14.3 Å². The van der Waals surface area contributed by atoms with Crippen molar-refractivity contribution in [2.75, 3.05) is 4.90 Å². The van der Waals surface area contributed by atoms with E-state index in [9.17, 15) is 9.59 Å². The van der Waals surface area contributed by atoms with E-state index in [2.05, 4.69) is 21.2 Å². The van der Waals surface area contributed by atoms with Gasteiger partial charge in [0, 0.05) is 4.48 Å². The molecule has 4 rings (SSSR count). The van der Waals surface area contributed by atoms with Crippen molar-refractivity contribution >= 4 is 56.8 Å². The zero-order valence-corrected chi connectivity index (χ0v) is 19.1.